The van der Waals surface area contributed by atoms with Gasteiger partial charge in [-0.1, -0.05) is 12.1 Å². The van der Waals surface area contributed by atoms with E-state index in [9.17, 15) is 14.4 Å². The Morgan fingerprint density at radius 2 is 1.61 bits per heavy atom. The van der Waals surface area contributed by atoms with Gasteiger partial charge < -0.3 is 23.8 Å². The van der Waals surface area contributed by atoms with Gasteiger partial charge in [0, 0.05) is 45.2 Å². The summed E-state index contributed by atoms with van der Waals surface area (Å²) in [7, 11) is 0. The Labute approximate surface area is 206 Å². The molecule has 0 spiro atoms. The average molecular weight is 492 g/mol. The van der Waals surface area contributed by atoms with Gasteiger partial charge in [0.25, 0.3) is 0 Å². The molecule has 10 heteroatoms. The molecule has 10 nitrogen and oxygen atoms in total. The second-order valence-electron chi connectivity index (χ2n) is 8.95. The van der Waals surface area contributed by atoms with Gasteiger partial charge in [0.1, 0.15) is 19.0 Å². The molecule has 2 bridgehead atoms. The van der Waals surface area contributed by atoms with Crippen LogP contribution in [-0.4, -0.2) is 73.3 Å². The lowest BCUT2D eigenvalue weighted by Gasteiger charge is -2.37. The maximum absolute atomic E-state index is 12.5. The molecule has 0 atom stereocenters. The molecule has 3 aliphatic heterocycles. The summed E-state index contributed by atoms with van der Waals surface area (Å²) in [6.07, 6.45) is 0.519. The fourth-order valence-electron chi connectivity index (χ4n) is 5.16. The number of piperazine rings is 1. The van der Waals surface area contributed by atoms with Crippen LogP contribution in [0.15, 0.2) is 36.4 Å². The molecule has 0 N–H and O–H groups in total. The average Bonchev–Trinajstić information content (AvgIpc) is 3.21. The van der Waals surface area contributed by atoms with Crippen LogP contribution in [0.2, 0.25) is 0 Å². The zero-order valence-corrected chi connectivity index (χ0v) is 19.8. The minimum Gasteiger partial charge on any atom is -0.486 e. The first kappa shape index (κ1) is 22.4. The zero-order valence-electron chi connectivity index (χ0n) is 19.8. The second kappa shape index (κ2) is 8.87. The van der Waals surface area contributed by atoms with Crippen molar-refractivity contribution in [2.45, 2.75) is 13.3 Å². The number of esters is 2. The Morgan fingerprint density at radius 1 is 0.889 bits per heavy atom. The summed E-state index contributed by atoms with van der Waals surface area (Å²) >= 11 is 0. The van der Waals surface area contributed by atoms with E-state index in [1.54, 1.807) is 18.2 Å². The van der Waals surface area contributed by atoms with E-state index in [1.807, 2.05) is 12.1 Å². The molecule has 3 aliphatic rings. The van der Waals surface area contributed by atoms with Crippen molar-refractivity contribution in [3.05, 3.63) is 42.0 Å². The summed E-state index contributed by atoms with van der Waals surface area (Å²) in [4.78, 5) is 41.4. The Hall–Kier alpha value is -4.05. The van der Waals surface area contributed by atoms with Gasteiger partial charge in [-0.05, 0) is 30.7 Å². The number of fused-ring (bicyclic) bond motifs is 2. The van der Waals surface area contributed by atoms with Crippen LogP contribution < -0.4 is 23.8 Å². The Balaban J connectivity index is 1.23. The monoisotopic (exact) mass is 491 g/mol. The number of para-hydroxylation sites is 1. The first-order chi connectivity index (χ1) is 17.5. The minimum atomic E-state index is -1.15. The number of hydrogen-bond donors (Lipinski definition) is 0. The number of benzene rings is 2. The summed E-state index contributed by atoms with van der Waals surface area (Å²) in [6, 6.07) is 11.0. The summed E-state index contributed by atoms with van der Waals surface area (Å²) in [5.41, 5.74) is 2.27. The van der Waals surface area contributed by atoms with Crippen molar-refractivity contribution in [2.75, 3.05) is 50.8 Å². The minimum absolute atomic E-state index is 0.0956. The van der Waals surface area contributed by atoms with E-state index >= 15 is 0 Å². The third kappa shape index (κ3) is 3.74. The molecule has 1 saturated heterocycles. The summed E-state index contributed by atoms with van der Waals surface area (Å²) in [6.45, 7) is 6.47. The largest absolute Gasteiger partial charge is 0.486 e. The molecule has 6 rings (SSSR count). The fraction of sp³-hybridized carbons (Fsp3) is 0.346. The zero-order chi connectivity index (χ0) is 24.8. The number of anilines is 1. The van der Waals surface area contributed by atoms with Crippen LogP contribution in [0.3, 0.4) is 0 Å². The third-order valence-corrected chi connectivity index (χ3v) is 6.82. The molecule has 4 heterocycles. The van der Waals surface area contributed by atoms with E-state index in [0.29, 0.717) is 42.6 Å². The molecular weight excluding hydrogens is 466 g/mol. The molecule has 36 heavy (non-hydrogen) atoms. The van der Waals surface area contributed by atoms with Crippen molar-refractivity contribution in [3.8, 4) is 23.1 Å². The van der Waals surface area contributed by atoms with Crippen LogP contribution in [0.25, 0.3) is 10.9 Å². The Bertz CT molecular complexity index is 1390. The van der Waals surface area contributed by atoms with Crippen LogP contribution in [0, 0.1) is 0 Å². The number of nitrogens with zero attached hydrogens (tertiary/aromatic N) is 3. The maximum atomic E-state index is 12.5. The predicted octanol–water partition coefficient (Wildman–Crippen LogP) is 2.26. The molecule has 2 aromatic carbocycles. The number of carbonyl (C=O) groups is 3. The summed E-state index contributed by atoms with van der Waals surface area (Å²) < 4.78 is 23.6. The second-order valence-corrected chi connectivity index (χ2v) is 8.95. The van der Waals surface area contributed by atoms with E-state index in [1.165, 1.54) is 11.5 Å². The van der Waals surface area contributed by atoms with E-state index < -0.39 is 11.9 Å². The van der Waals surface area contributed by atoms with Crippen LogP contribution in [0.1, 0.15) is 17.3 Å². The molecule has 0 radical (unpaired) electrons. The number of carbonyl (C=O) groups excluding carboxylic acids is 3. The van der Waals surface area contributed by atoms with Crippen LogP contribution in [0.4, 0.5) is 5.69 Å². The van der Waals surface area contributed by atoms with Gasteiger partial charge in [-0.15, -0.1) is 0 Å². The Kier molecular flexibility index (Phi) is 5.52. The lowest BCUT2D eigenvalue weighted by atomic mass is 10.1. The smallest absolute Gasteiger partial charge is 0.424 e. The van der Waals surface area contributed by atoms with Gasteiger partial charge in [-0.25, -0.2) is 14.2 Å². The third-order valence-electron chi connectivity index (χ3n) is 6.82. The Morgan fingerprint density at radius 3 is 2.42 bits per heavy atom. The van der Waals surface area contributed by atoms with Gasteiger partial charge in [0.2, 0.25) is 11.8 Å². The molecule has 0 aliphatic carbocycles. The van der Waals surface area contributed by atoms with Gasteiger partial charge in [-0.3, -0.25) is 9.69 Å². The van der Waals surface area contributed by atoms with Crippen LogP contribution >= 0.6 is 0 Å². The van der Waals surface area contributed by atoms with Crippen LogP contribution in [-0.2, 0) is 16.0 Å². The first-order valence-electron chi connectivity index (χ1n) is 12.0. The van der Waals surface area contributed by atoms with Gasteiger partial charge in [-0.2, -0.15) is 0 Å². The lowest BCUT2D eigenvalue weighted by molar-refractivity contribution is -0.156. The standard InChI is InChI=1S/C26H25N3O7/c1-16(30)29-18-4-2-6-20-22(18)17(24(29)36-26(32)25(31)35-20)8-9-27-10-12-28(13-11-27)19-5-3-7-21-23(19)34-15-14-33-21/h2-7H,8-15H2,1H3. The van der Waals surface area contributed by atoms with Crippen molar-refractivity contribution >= 4 is 34.4 Å². The van der Waals surface area contributed by atoms with Crippen molar-refractivity contribution in [2.24, 2.45) is 0 Å². The van der Waals surface area contributed by atoms with Gasteiger partial charge >= 0.3 is 11.9 Å². The van der Waals surface area contributed by atoms with E-state index in [2.05, 4.69) is 15.9 Å². The number of ether oxygens (including phenoxy) is 4. The van der Waals surface area contributed by atoms with Gasteiger partial charge in [0.05, 0.1) is 16.6 Å². The topological polar surface area (TPSA) is 99.5 Å². The predicted molar refractivity (Wildman–Crippen MR) is 129 cm³/mol. The van der Waals surface area contributed by atoms with Crippen molar-refractivity contribution in [3.63, 3.8) is 0 Å². The first-order valence-corrected chi connectivity index (χ1v) is 12.0. The van der Waals surface area contributed by atoms with E-state index in [0.717, 1.165) is 43.4 Å². The molecule has 0 amide bonds. The van der Waals surface area contributed by atoms with Crippen molar-refractivity contribution < 1.29 is 33.3 Å². The highest BCUT2D eigenvalue weighted by Gasteiger charge is 2.33. The fourth-order valence-corrected chi connectivity index (χ4v) is 5.16. The lowest BCUT2D eigenvalue weighted by Crippen LogP contribution is -2.47. The molecule has 1 fully saturated rings. The molecule has 186 valence electrons. The molecular formula is C26H25N3O7. The van der Waals surface area contributed by atoms with Crippen LogP contribution in [0.5, 0.6) is 23.1 Å². The summed E-state index contributed by atoms with van der Waals surface area (Å²) in [5, 5.41) is 0.621. The molecule has 3 aromatic rings. The molecule has 1 aromatic heterocycles. The number of rotatable bonds is 4. The quantitative estimate of drug-likeness (QED) is 0.309. The van der Waals surface area contributed by atoms with E-state index in [4.69, 9.17) is 18.9 Å². The highest BCUT2D eigenvalue weighted by Crippen LogP contribution is 2.41. The van der Waals surface area contributed by atoms with E-state index in [-0.39, 0.29) is 17.5 Å². The normalized spacial score (nSPS) is 17.5. The van der Waals surface area contributed by atoms with Crippen molar-refractivity contribution in [1.29, 1.82) is 0 Å². The highest BCUT2D eigenvalue weighted by molar-refractivity contribution is 6.31. The summed E-state index contributed by atoms with van der Waals surface area (Å²) in [5.74, 6) is -0.631. The molecule has 0 saturated carbocycles. The maximum Gasteiger partial charge on any atom is 0.424 e. The SMILES string of the molecule is CC(=O)n1c2c(CCN3CCN(c4cccc5c4OCCO5)CC3)c3c(cccc31)OC(=O)C(=O)O2. The highest BCUT2D eigenvalue weighted by atomic mass is 16.6. The number of hydrogen-bond acceptors (Lipinski definition) is 9. The molecule has 0 unspecified atom stereocenters. The number of aromatic nitrogens is 1. The van der Waals surface area contributed by atoms with Gasteiger partial charge in [0.15, 0.2) is 11.5 Å². The van der Waals surface area contributed by atoms with Crippen molar-refractivity contribution in [1.82, 2.24) is 9.47 Å².